The average molecular weight is 459 g/mol. The fraction of sp³-hybridized carbons (Fsp3) is 0.190. The highest BCUT2D eigenvalue weighted by Crippen LogP contribution is 2.14. The minimum absolute atomic E-state index is 0.156. The van der Waals surface area contributed by atoms with Gasteiger partial charge in [0.05, 0.1) is 16.7 Å². The van der Waals surface area contributed by atoms with Crippen molar-refractivity contribution < 1.29 is 13.2 Å². The number of nitrogens with zero attached hydrogens (tertiary/aromatic N) is 1. The van der Waals surface area contributed by atoms with Gasteiger partial charge in [-0.1, -0.05) is 30.3 Å². The van der Waals surface area contributed by atoms with E-state index in [-0.39, 0.29) is 35.1 Å². The molecule has 3 rings (SSSR count). The molecule has 0 saturated heterocycles. The summed E-state index contributed by atoms with van der Waals surface area (Å²) in [6.45, 7) is 4.06. The Balaban J connectivity index is 1.84. The lowest BCUT2D eigenvalue weighted by atomic mass is 10.1. The molecular formula is C21H22N4O4S2. The van der Waals surface area contributed by atoms with E-state index in [0.29, 0.717) is 27.6 Å². The van der Waals surface area contributed by atoms with Gasteiger partial charge in [0.25, 0.3) is 11.5 Å². The van der Waals surface area contributed by atoms with Crippen LogP contribution >= 0.6 is 12.2 Å². The van der Waals surface area contributed by atoms with Gasteiger partial charge in [-0.05, 0) is 48.6 Å². The molecule has 31 heavy (non-hydrogen) atoms. The lowest BCUT2D eigenvalue weighted by Gasteiger charge is -2.11. The molecule has 0 fully saturated rings. The first-order valence-corrected chi connectivity index (χ1v) is 11.5. The number of hydrogen-bond donors (Lipinski definition) is 3. The number of allylic oxidation sites excluding steroid dienone is 1. The molecule has 8 nitrogen and oxygen atoms in total. The minimum Gasteiger partial charge on any atom is -0.348 e. The summed E-state index contributed by atoms with van der Waals surface area (Å²) in [5.41, 5.74) is 1.85. The fourth-order valence-electron chi connectivity index (χ4n) is 3.12. The first-order valence-electron chi connectivity index (χ1n) is 9.39. The number of carbonyl (C=O) groups is 1. The molecule has 162 valence electrons. The van der Waals surface area contributed by atoms with Crippen LogP contribution in [0.25, 0.3) is 10.9 Å². The Kier molecular flexibility index (Phi) is 6.84. The normalized spacial score (nSPS) is 11.4. The monoisotopic (exact) mass is 458 g/mol. The molecule has 0 bridgehead atoms. The van der Waals surface area contributed by atoms with Gasteiger partial charge < -0.3 is 10.3 Å². The zero-order valence-electron chi connectivity index (χ0n) is 16.8. The molecule has 1 heterocycles. The Morgan fingerprint density at radius 2 is 1.94 bits per heavy atom. The molecule has 0 aliphatic rings. The number of aromatic amines is 1. The highest BCUT2D eigenvalue weighted by molar-refractivity contribution is 7.88. The molecule has 0 spiro atoms. The number of hydrogen-bond acceptors (Lipinski definition) is 5. The van der Waals surface area contributed by atoms with Gasteiger partial charge in [0.15, 0.2) is 4.77 Å². The van der Waals surface area contributed by atoms with Crippen molar-refractivity contribution in [3.63, 3.8) is 0 Å². The van der Waals surface area contributed by atoms with E-state index < -0.39 is 10.0 Å². The summed E-state index contributed by atoms with van der Waals surface area (Å²) in [7, 11) is -2.08. The predicted octanol–water partition coefficient (Wildman–Crippen LogP) is 2.22. The highest BCUT2D eigenvalue weighted by atomic mass is 32.2. The van der Waals surface area contributed by atoms with Crippen LogP contribution in [0.3, 0.4) is 0 Å². The van der Waals surface area contributed by atoms with E-state index in [2.05, 4.69) is 21.6 Å². The van der Waals surface area contributed by atoms with Crippen molar-refractivity contribution in [2.75, 3.05) is 7.05 Å². The topological polar surface area (TPSA) is 113 Å². The highest BCUT2D eigenvalue weighted by Gasteiger charge is 2.14. The van der Waals surface area contributed by atoms with Gasteiger partial charge in [-0.3, -0.25) is 14.2 Å². The van der Waals surface area contributed by atoms with Crippen molar-refractivity contribution in [1.82, 2.24) is 19.6 Å². The summed E-state index contributed by atoms with van der Waals surface area (Å²) in [5.74, 6) is -0.540. The Morgan fingerprint density at radius 1 is 1.23 bits per heavy atom. The van der Waals surface area contributed by atoms with Crippen molar-refractivity contribution in [2.24, 2.45) is 0 Å². The second kappa shape index (κ2) is 9.38. The summed E-state index contributed by atoms with van der Waals surface area (Å²) in [6.07, 6.45) is 1.58. The summed E-state index contributed by atoms with van der Waals surface area (Å²) >= 11 is 5.23. The Bertz CT molecular complexity index is 1370. The Hall–Kier alpha value is -3.08. The molecule has 10 heteroatoms. The Labute approximate surface area is 184 Å². The third kappa shape index (κ3) is 5.16. The van der Waals surface area contributed by atoms with Crippen molar-refractivity contribution in [2.45, 2.75) is 18.8 Å². The zero-order chi connectivity index (χ0) is 22.6. The molecule has 0 aliphatic carbocycles. The number of carbonyl (C=O) groups excluding carboxylic acids is 1. The van der Waals surface area contributed by atoms with E-state index in [1.54, 1.807) is 48.5 Å². The number of fused-ring (bicyclic) bond motifs is 1. The largest absolute Gasteiger partial charge is 0.348 e. The van der Waals surface area contributed by atoms with E-state index >= 15 is 0 Å². The zero-order valence-corrected chi connectivity index (χ0v) is 18.5. The molecule has 0 radical (unpaired) electrons. The molecule has 0 unspecified atom stereocenters. The van der Waals surface area contributed by atoms with Crippen LogP contribution < -0.4 is 15.6 Å². The van der Waals surface area contributed by atoms with Gasteiger partial charge in [-0.15, -0.1) is 6.58 Å². The molecule has 3 aromatic rings. The number of amides is 1. The smallest absolute Gasteiger partial charge is 0.262 e. The van der Waals surface area contributed by atoms with Crippen LogP contribution in [-0.2, 0) is 28.9 Å². The summed E-state index contributed by atoms with van der Waals surface area (Å²) in [6, 6.07) is 11.7. The SMILES string of the molecule is C=CCn1c(=S)[nH]c2cc(C(=O)NCc3ccccc3CS(=O)(=O)NC)ccc2c1=O. The predicted molar refractivity (Wildman–Crippen MR) is 123 cm³/mol. The van der Waals surface area contributed by atoms with Crippen molar-refractivity contribution in [3.05, 3.63) is 86.9 Å². The van der Waals surface area contributed by atoms with E-state index in [1.807, 2.05) is 0 Å². The number of aromatic nitrogens is 2. The molecular weight excluding hydrogens is 436 g/mol. The maximum absolute atomic E-state index is 12.7. The lowest BCUT2D eigenvalue weighted by molar-refractivity contribution is 0.0951. The van der Waals surface area contributed by atoms with Crippen molar-refractivity contribution in [1.29, 1.82) is 0 Å². The summed E-state index contributed by atoms with van der Waals surface area (Å²) in [4.78, 5) is 28.2. The van der Waals surface area contributed by atoms with Gasteiger partial charge in [0, 0.05) is 18.7 Å². The first kappa shape index (κ1) is 22.6. The van der Waals surface area contributed by atoms with E-state index in [0.717, 1.165) is 0 Å². The quantitative estimate of drug-likeness (QED) is 0.354. The standard InChI is InChI=1S/C21H22N4O4S2/c1-3-10-25-20(27)17-9-8-14(11-18(17)24-21(25)30)19(26)23-12-15-6-4-5-7-16(15)13-31(28,29)22-2/h3-9,11,22H,1,10,12-13H2,2H3,(H,23,26)(H,24,30). The molecule has 1 aromatic heterocycles. The van der Waals surface area contributed by atoms with Crippen LogP contribution in [0.15, 0.2) is 59.9 Å². The van der Waals surface area contributed by atoms with Crippen LogP contribution in [-0.4, -0.2) is 30.9 Å². The van der Waals surface area contributed by atoms with E-state index in [4.69, 9.17) is 12.2 Å². The second-order valence-corrected chi connectivity index (χ2v) is 9.12. The van der Waals surface area contributed by atoms with E-state index in [9.17, 15) is 18.0 Å². The average Bonchev–Trinajstić information content (AvgIpc) is 2.75. The van der Waals surface area contributed by atoms with Gasteiger partial charge in [0.2, 0.25) is 10.0 Å². The van der Waals surface area contributed by atoms with Crippen LogP contribution in [0.5, 0.6) is 0 Å². The molecule has 2 aromatic carbocycles. The Morgan fingerprint density at radius 3 is 2.61 bits per heavy atom. The third-order valence-electron chi connectivity index (χ3n) is 4.77. The van der Waals surface area contributed by atoms with Gasteiger partial charge in [-0.2, -0.15) is 0 Å². The van der Waals surface area contributed by atoms with Crippen LogP contribution in [0.2, 0.25) is 0 Å². The summed E-state index contributed by atoms with van der Waals surface area (Å²) < 4.78 is 27.7. The van der Waals surface area contributed by atoms with Crippen LogP contribution in [0, 0.1) is 4.77 Å². The van der Waals surface area contributed by atoms with E-state index in [1.165, 1.54) is 11.6 Å². The maximum Gasteiger partial charge on any atom is 0.262 e. The van der Waals surface area contributed by atoms with Crippen LogP contribution in [0.1, 0.15) is 21.5 Å². The maximum atomic E-state index is 12.7. The molecule has 0 atom stereocenters. The van der Waals surface area contributed by atoms with Gasteiger partial charge >= 0.3 is 0 Å². The van der Waals surface area contributed by atoms with Gasteiger partial charge in [-0.25, -0.2) is 13.1 Å². The van der Waals surface area contributed by atoms with Crippen molar-refractivity contribution >= 4 is 39.1 Å². The van der Waals surface area contributed by atoms with Crippen molar-refractivity contribution in [3.8, 4) is 0 Å². The number of sulfonamides is 1. The second-order valence-electron chi connectivity index (χ2n) is 6.81. The molecule has 0 aliphatic heterocycles. The molecule has 1 amide bonds. The van der Waals surface area contributed by atoms with Gasteiger partial charge in [0.1, 0.15) is 0 Å². The van der Waals surface area contributed by atoms with Crippen LogP contribution in [0.4, 0.5) is 0 Å². The third-order valence-corrected chi connectivity index (χ3v) is 6.41. The minimum atomic E-state index is -3.44. The lowest BCUT2D eigenvalue weighted by Crippen LogP contribution is -2.25. The molecule has 0 saturated carbocycles. The number of H-pyrrole nitrogens is 1. The number of benzene rings is 2. The molecule has 3 N–H and O–H groups in total. The number of nitrogens with one attached hydrogen (secondary N) is 3. The summed E-state index contributed by atoms with van der Waals surface area (Å²) in [5, 5.41) is 3.21. The first-order chi connectivity index (χ1) is 14.8. The number of rotatable bonds is 8. The fourth-order valence-corrected chi connectivity index (χ4v) is 4.22.